The molecule has 1 saturated carbocycles. The van der Waals surface area contributed by atoms with E-state index in [0.29, 0.717) is 63.4 Å². The van der Waals surface area contributed by atoms with Crippen molar-refractivity contribution < 1.29 is 67.0 Å². The Bertz CT molecular complexity index is 1940. The lowest BCUT2D eigenvalue weighted by atomic mass is 9.78. The zero-order chi connectivity index (χ0) is 51.4. The van der Waals surface area contributed by atoms with Gasteiger partial charge in [-0.05, 0) is 107 Å². The maximum atomic E-state index is 14.5. The molecule has 390 valence electrons. The van der Waals surface area contributed by atoms with Gasteiger partial charge in [0.25, 0.3) is 11.7 Å². The highest BCUT2D eigenvalue weighted by molar-refractivity contribution is 7.57. The molecule has 0 radical (unpaired) electrons. The molecule has 0 aromatic carbocycles. The molecule has 15 nitrogen and oxygen atoms in total. The van der Waals surface area contributed by atoms with Gasteiger partial charge in [0, 0.05) is 71.8 Å². The van der Waals surface area contributed by atoms with Crippen molar-refractivity contribution in [1.29, 1.82) is 0 Å². The standard InChI is InChI=1S/C53H84NO14P/c1-32-18-14-13-15-19-33(2)44(63-8)30-40-23-21-38(7)53(61,67-40)50(58)51(59)54-25-17-16-20-41(54)52(60)66-45(35(4)28-39-22-24-43(46(29-39)64-9)68-69(11,12)62)31-42(55)34(3)27-37(6)48(57)49(65-10)47(56)36(5)26-32/h13-15,18-19,27,32,34-36,38-41,43-46,48-49,57,61H,16-17,20-26,28-31H2,1-12H3/b15-13+,18-14+,33-19+,37-27+/t32-,34-,35-,36-,38-,39?,40+,41+,43?,44+,45?,46-,48-,49+,53-/m1/s1. The van der Waals surface area contributed by atoms with E-state index in [2.05, 4.69) is 0 Å². The van der Waals surface area contributed by atoms with Gasteiger partial charge < -0.3 is 43.3 Å². The molecule has 15 atom stereocenters. The van der Waals surface area contributed by atoms with Gasteiger partial charge in [0.05, 0.1) is 24.4 Å². The van der Waals surface area contributed by atoms with Crippen molar-refractivity contribution in [1.82, 2.24) is 4.90 Å². The summed E-state index contributed by atoms with van der Waals surface area (Å²) in [5.41, 5.74) is 1.25. The van der Waals surface area contributed by atoms with Crippen LogP contribution in [0.4, 0.5) is 0 Å². The quantitative estimate of drug-likeness (QED) is 0.104. The second kappa shape index (κ2) is 26.5. The van der Waals surface area contributed by atoms with E-state index in [1.807, 2.05) is 58.1 Å². The number of Topliss-reactive ketones (excluding diaryl/α,β-unsaturated/α-hetero) is 3. The zero-order valence-electron chi connectivity index (χ0n) is 43.4. The Morgan fingerprint density at radius 3 is 2.22 bits per heavy atom. The molecule has 2 N–H and O–H groups in total. The maximum Gasteiger partial charge on any atom is 0.329 e. The number of hydrogen-bond donors (Lipinski definition) is 2. The van der Waals surface area contributed by atoms with E-state index in [4.69, 9.17) is 28.2 Å². The Balaban J connectivity index is 1.70. The Kier molecular flexibility index (Phi) is 22.5. The number of aliphatic hydroxyl groups excluding tert-OH is 1. The van der Waals surface area contributed by atoms with Crippen molar-refractivity contribution in [3.05, 3.63) is 47.6 Å². The molecule has 1 aliphatic carbocycles. The van der Waals surface area contributed by atoms with Crippen LogP contribution < -0.4 is 0 Å². The number of hydrogen-bond acceptors (Lipinski definition) is 14. The molecular weight excluding hydrogens is 906 g/mol. The van der Waals surface area contributed by atoms with E-state index in [0.717, 1.165) is 12.0 Å². The van der Waals surface area contributed by atoms with Crippen molar-refractivity contribution in [2.24, 2.45) is 35.5 Å². The highest BCUT2D eigenvalue weighted by Gasteiger charge is 2.53. The lowest BCUT2D eigenvalue weighted by molar-refractivity contribution is -0.265. The molecule has 4 aliphatic rings. The van der Waals surface area contributed by atoms with Crippen molar-refractivity contribution in [2.75, 3.05) is 41.2 Å². The van der Waals surface area contributed by atoms with Crippen LogP contribution in [0.5, 0.6) is 0 Å². The lowest BCUT2D eigenvalue weighted by Crippen LogP contribution is -2.61. The molecule has 0 spiro atoms. The fraction of sp³-hybridized carbons (Fsp3) is 0.755. The summed E-state index contributed by atoms with van der Waals surface area (Å²) in [7, 11) is 1.76. The summed E-state index contributed by atoms with van der Waals surface area (Å²) in [4.78, 5) is 72.2. The number of fused-ring (bicyclic) bond motifs is 3. The van der Waals surface area contributed by atoms with Crippen LogP contribution in [0.2, 0.25) is 0 Å². The summed E-state index contributed by atoms with van der Waals surface area (Å²) in [6.45, 7) is 15.9. The van der Waals surface area contributed by atoms with Gasteiger partial charge in [-0.1, -0.05) is 71.1 Å². The Morgan fingerprint density at radius 2 is 1.57 bits per heavy atom. The number of rotatable bonds is 8. The molecule has 3 heterocycles. The molecule has 0 aromatic heterocycles. The second-order valence-electron chi connectivity index (χ2n) is 20.9. The summed E-state index contributed by atoms with van der Waals surface area (Å²) >= 11 is 0. The third kappa shape index (κ3) is 16.2. The number of nitrogens with zero attached hydrogens (tertiary/aromatic N) is 1. The highest BCUT2D eigenvalue weighted by Crippen LogP contribution is 2.45. The van der Waals surface area contributed by atoms with Gasteiger partial charge in [0.2, 0.25) is 5.79 Å². The molecule has 2 bridgehead atoms. The van der Waals surface area contributed by atoms with E-state index in [1.165, 1.54) is 12.0 Å². The second-order valence-corrected chi connectivity index (χ2v) is 23.6. The van der Waals surface area contributed by atoms with Crippen LogP contribution in [-0.2, 0) is 56.7 Å². The predicted molar refractivity (Wildman–Crippen MR) is 263 cm³/mol. The van der Waals surface area contributed by atoms with Gasteiger partial charge in [0.1, 0.15) is 30.1 Å². The molecule has 69 heavy (non-hydrogen) atoms. The number of ketones is 3. The molecular formula is C53H84NO14P. The number of amides is 1. The maximum absolute atomic E-state index is 14.5. The zero-order valence-corrected chi connectivity index (χ0v) is 44.3. The van der Waals surface area contributed by atoms with Crippen LogP contribution >= 0.6 is 7.37 Å². The monoisotopic (exact) mass is 990 g/mol. The average molecular weight is 990 g/mol. The largest absolute Gasteiger partial charge is 0.460 e. The normalized spacial score (nSPS) is 39.0. The molecule has 4 rings (SSSR count). The number of esters is 1. The van der Waals surface area contributed by atoms with Crippen LogP contribution in [0.25, 0.3) is 0 Å². The molecule has 0 aromatic rings. The number of allylic oxidation sites excluding steroid dienone is 6. The smallest absolute Gasteiger partial charge is 0.329 e. The predicted octanol–water partition coefficient (Wildman–Crippen LogP) is 7.74. The van der Waals surface area contributed by atoms with Crippen LogP contribution in [0, 0.1) is 35.5 Å². The number of carbonyl (C=O) groups is 5. The topological polar surface area (TPSA) is 201 Å². The van der Waals surface area contributed by atoms with E-state index in [1.54, 1.807) is 54.4 Å². The van der Waals surface area contributed by atoms with Crippen molar-refractivity contribution in [2.45, 2.75) is 180 Å². The number of carbonyl (C=O) groups excluding carboxylic acids is 5. The first-order valence-corrected chi connectivity index (χ1v) is 27.7. The number of aliphatic hydroxyl groups is 2. The summed E-state index contributed by atoms with van der Waals surface area (Å²) in [5, 5.41) is 23.5. The SMILES string of the molecule is CO[C@H]1C[C@@H]2CC[C@@H](C)[C@@](O)(O2)C(=O)C(=O)N2CCCC[C@H]2C(=O)OC([C@H](C)CC2CCC(OP(C)(C)=O)[C@H](OC)C2)CC(=O)[C@H](C)/C=C(\C)[C@@H](O)[C@@H](OC)C(=O)[C@H](C)C[C@H](C)/C=C/C=C/C=C/1C. The van der Waals surface area contributed by atoms with E-state index >= 15 is 0 Å². The van der Waals surface area contributed by atoms with Gasteiger partial charge in [-0.2, -0.15) is 0 Å². The molecule has 1 amide bonds. The third-order valence-corrected chi connectivity index (χ3v) is 15.6. The van der Waals surface area contributed by atoms with Gasteiger partial charge in [-0.15, -0.1) is 0 Å². The minimum atomic E-state index is -2.79. The molecule has 3 aliphatic heterocycles. The number of ether oxygens (including phenoxy) is 5. The number of methoxy groups -OCH3 is 3. The average Bonchev–Trinajstić information content (AvgIpc) is 3.30. The summed E-state index contributed by atoms with van der Waals surface area (Å²) < 4.78 is 48.2. The fourth-order valence-corrected chi connectivity index (χ4v) is 11.4. The Labute approximate surface area is 411 Å². The molecule has 16 heteroatoms. The van der Waals surface area contributed by atoms with Gasteiger partial charge in [-0.25, -0.2) is 4.79 Å². The van der Waals surface area contributed by atoms with Crippen molar-refractivity contribution in [3.63, 3.8) is 0 Å². The first kappa shape index (κ1) is 58.4. The van der Waals surface area contributed by atoms with Crippen LogP contribution in [0.1, 0.15) is 126 Å². The van der Waals surface area contributed by atoms with Crippen LogP contribution in [0.3, 0.4) is 0 Å². The number of cyclic esters (lactones) is 1. The third-order valence-electron chi connectivity index (χ3n) is 14.8. The summed E-state index contributed by atoms with van der Waals surface area (Å²) in [6.07, 6.45) is 11.4. The van der Waals surface area contributed by atoms with Gasteiger partial charge in [0.15, 0.2) is 13.2 Å². The fourth-order valence-electron chi connectivity index (χ4n) is 10.5. The molecule has 3 fully saturated rings. The van der Waals surface area contributed by atoms with E-state index < -0.39 is 85.1 Å². The summed E-state index contributed by atoms with van der Waals surface area (Å²) in [5.74, 6) is -8.11. The van der Waals surface area contributed by atoms with E-state index in [-0.39, 0.29) is 60.9 Å². The number of piperidine rings is 1. The van der Waals surface area contributed by atoms with Crippen LogP contribution in [0.15, 0.2) is 47.6 Å². The minimum Gasteiger partial charge on any atom is -0.460 e. The molecule has 3 unspecified atom stereocenters. The highest BCUT2D eigenvalue weighted by atomic mass is 31.2. The lowest BCUT2D eigenvalue weighted by Gasteiger charge is -2.42. The van der Waals surface area contributed by atoms with Gasteiger partial charge >= 0.3 is 5.97 Å². The molecule has 2 saturated heterocycles. The van der Waals surface area contributed by atoms with E-state index in [9.17, 15) is 38.8 Å². The first-order valence-electron chi connectivity index (χ1n) is 25.2. The van der Waals surface area contributed by atoms with Crippen molar-refractivity contribution >= 4 is 36.6 Å². The Morgan fingerprint density at radius 1 is 0.855 bits per heavy atom. The van der Waals surface area contributed by atoms with Crippen LogP contribution in [-0.4, -0.2) is 140 Å². The first-order chi connectivity index (χ1) is 32.4. The van der Waals surface area contributed by atoms with Gasteiger partial charge in [-0.3, -0.25) is 23.7 Å². The van der Waals surface area contributed by atoms with Crippen molar-refractivity contribution in [3.8, 4) is 0 Å². The Hall–Kier alpha value is -3.14. The minimum absolute atomic E-state index is 0.0117. The summed E-state index contributed by atoms with van der Waals surface area (Å²) in [6, 6.07) is -1.16.